The minimum atomic E-state index is 0.654. The number of aryl methyl sites for hydroxylation is 1. The summed E-state index contributed by atoms with van der Waals surface area (Å²) in [4.78, 5) is 19.4. The molecule has 0 bridgehead atoms. The molecular formula is C34H24N4S. The summed E-state index contributed by atoms with van der Waals surface area (Å²) in [7, 11) is 0. The molecule has 1 aliphatic rings. The van der Waals surface area contributed by atoms with Crippen molar-refractivity contribution in [1.29, 1.82) is 0 Å². The first kappa shape index (κ1) is 23.4. The third kappa shape index (κ3) is 4.47. The smallest absolute Gasteiger partial charge is 0.164 e. The average Bonchev–Trinajstić information content (AvgIpc) is 3.00. The predicted molar refractivity (Wildman–Crippen MR) is 160 cm³/mol. The summed E-state index contributed by atoms with van der Waals surface area (Å²) in [6.45, 7) is 2.08. The van der Waals surface area contributed by atoms with Crippen LogP contribution in [-0.4, -0.2) is 15.0 Å². The zero-order valence-corrected chi connectivity index (χ0v) is 22.1. The second kappa shape index (κ2) is 9.86. The lowest BCUT2D eigenvalue weighted by Crippen LogP contribution is -2.14. The topological polar surface area (TPSA) is 41.9 Å². The van der Waals surface area contributed by atoms with Crippen LogP contribution >= 0.6 is 11.8 Å². The molecule has 0 saturated heterocycles. The first-order valence-electron chi connectivity index (χ1n) is 12.9. The molecule has 39 heavy (non-hydrogen) atoms. The van der Waals surface area contributed by atoms with Crippen LogP contribution < -0.4 is 4.90 Å². The summed E-state index contributed by atoms with van der Waals surface area (Å²) in [5.74, 6) is 1.98. The Balaban J connectivity index is 1.32. The molecule has 1 aliphatic heterocycles. The molecule has 0 amide bonds. The van der Waals surface area contributed by atoms with Crippen LogP contribution in [0.2, 0.25) is 0 Å². The van der Waals surface area contributed by atoms with Gasteiger partial charge in [-0.15, -0.1) is 0 Å². The fourth-order valence-electron chi connectivity index (χ4n) is 4.80. The zero-order valence-electron chi connectivity index (χ0n) is 21.3. The number of fused-ring (bicyclic) bond motifs is 2. The minimum absolute atomic E-state index is 0.654. The maximum atomic E-state index is 4.90. The Labute approximate surface area is 232 Å². The third-order valence-corrected chi connectivity index (χ3v) is 7.92. The standard InChI is InChI=1S/C34H24N4S/c1-23-15-17-25(18-16-23)33-35-32(24-9-3-2-4-10-24)36-34(37-33)26-19-21-27(22-20-26)38-28-11-5-7-13-30(28)39-31-14-8-6-12-29(31)38/h2-22H,1H3. The number of hydrogen-bond donors (Lipinski definition) is 0. The van der Waals surface area contributed by atoms with Crippen molar-refractivity contribution in [3.63, 3.8) is 0 Å². The van der Waals surface area contributed by atoms with Crippen LogP contribution in [0.15, 0.2) is 137 Å². The molecule has 0 radical (unpaired) electrons. The maximum absolute atomic E-state index is 4.90. The molecule has 7 rings (SSSR count). The summed E-state index contributed by atoms with van der Waals surface area (Å²) in [6, 6.07) is 44.0. The summed E-state index contributed by atoms with van der Waals surface area (Å²) < 4.78 is 0. The Bertz CT molecular complexity index is 1740. The molecule has 0 aliphatic carbocycles. The van der Waals surface area contributed by atoms with Gasteiger partial charge in [-0.25, -0.2) is 15.0 Å². The van der Waals surface area contributed by atoms with Gasteiger partial charge in [0.25, 0.3) is 0 Å². The molecule has 186 valence electrons. The molecule has 0 saturated carbocycles. The van der Waals surface area contributed by atoms with Crippen LogP contribution in [0.4, 0.5) is 17.1 Å². The number of anilines is 3. The fourth-order valence-corrected chi connectivity index (χ4v) is 5.85. The second-order valence-corrected chi connectivity index (χ2v) is 10.5. The number of nitrogens with zero attached hydrogens (tertiary/aromatic N) is 4. The van der Waals surface area contributed by atoms with Crippen molar-refractivity contribution in [2.75, 3.05) is 4.90 Å². The molecule has 4 nitrogen and oxygen atoms in total. The van der Waals surface area contributed by atoms with Crippen LogP contribution in [-0.2, 0) is 0 Å². The quantitative estimate of drug-likeness (QED) is 0.231. The van der Waals surface area contributed by atoms with Crippen LogP contribution in [0.3, 0.4) is 0 Å². The van der Waals surface area contributed by atoms with E-state index in [1.54, 1.807) is 0 Å². The lowest BCUT2D eigenvalue weighted by Gasteiger charge is -2.32. The average molecular weight is 521 g/mol. The second-order valence-electron chi connectivity index (χ2n) is 9.46. The van der Waals surface area contributed by atoms with Gasteiger partial charge in [0.15, 0.2) is 17.5 Å². The van der Waals surface area contributed by atoms with E-state index < -0.39 is 0 Å². The molecule has 0 fully saturated rings. The summed E-state index contributed by atoms with van der Waals surface area (Å²) in [5.41, 5.74) is 7.53. The molecule has 0 atom stereocenters. The van der Waals surface area contributed by atoms with E-state index in [2.05, 4.69) is 109 Å². The van der Waals surface area contributed by atoms with Crippen LogP contribution in [0.25, 0.3) is 34.2 Å². The first-order valence-corrected chi connectivity index (χ1v) is 13.7. The van der Waals surface area contributed by atoms with Crippen molar-refractivity contribution in [2.24, 2.45) is 0 Å². The van der Waals surface area contributed by atoms with Crippen LogP contribution in [0.1, 0.15) is 5.56 Å². The van der Waals surface area contributed by atoms with Gasteiger partial charge in [-0.3, -0.25) is 0 Å². The van der Waals surface area contributed by atoms with E-state index >= 15 is 0 Å². The highest BCUT2D eigenvalue weighted by Gasteiger charge is 2.24. The van der Waals surface area contributed by atoms with Crippen molar-refractivity contribution >= 4 is 28.8 Å². The Kier molecular flexibility index (Phi) is 5.91. The first-order chi connectivity index (χ1) is 19.2. The van der Waals surface area contributed by atoms with Gasteiger partial charge in [-0.05, 0) is 55.5 Å². The van der Waals surface area contributed by atoms with E-state index in [1.807, 2.05) is 42.1 Å². The van der Waals surface area contributed by atoms with Gasteiger partial charge in [0.2, 0.25) is 0 Å². The molecule has 1 aromatic heterocycles. The lowest BCUT2D eigenvalue weighted by molar-refractivity contribution is 1.07. The van der Waals surface area contributed by atoms with Gasteiger partial charge in [0, 0.05) is 32.2 Å². The molecule has 2 heterocycles. The zero-order chi connectivity index (χ0) is 26.2. The number of para-hydroxylation sites is 2. The lowest BCUT2D eigenvalue weighted by atomic mass is 10.1. The highest BCUT2D eigenvalue weighted by molar-refractivity contribution is 7.99. The highest BCUT2D eigenvalue weighted by Crippen LogP contribution is 2.51. The van der Waals surface area contributed by atoms with E-state index in [4.69, 9.17) is 15.0 Å². The Morgan fingerprint density at radius 2 is 0.897 bits per heavy atom. The molecule has 0 unspecified atom stereocenters. The van der Waals surface area contributed by atoms with Crippen molar-refractivity contribution in [3.8, 4) is 34.2 Å². The van der Waals surface area contributed by atoms with Gasteiger partial charge >= 0.3 is 0 Å². The third-order valence-electron chi connectivity index (χ3n) is 6.79. The normalized spacial score (nSPS) is 12.1. The SMILES string of the molecule is Cc1ccc(-c2nc(-c3ccccc3)nc(-c3ccc(N4c5ccccc5Sc5ccccc54)cc3)n2)cc1. The monoisotopic (exact) mass is 520 g/mol. The van der Waals surface area contributed by atoms with E-state index in [0.29, 0.717) is 17.5 Å². The van der Waals surface area contributed by atoms with Gasteiger partial charge in [0.1, 0.15) is 0 Å². The van der Waals surface area contributed by atoms with Crippen molar-refractivity contribution in [3.05, 3.63) is 133 Å². The largest absolute Gasteiger partial charge is 0.308 e. The maximum Gasteiger partial charge on any atom is 0.164 e. The summed E-state index contributed by atoms with van der Waals surface area (Å²) in [6.07, 6.45) is 0. The molecule has 0 spiro atoms. The molecule has 5 heteroatoms. The Hall–Kier alpha value is -4.74. The van der Waals surface area contributed by atoms with Gasteiger partial charge in [-0.2, -0.15) is 0 Å². The van der Waals surface area contributed by atoms with Crippen LogP contribution in [0.5, 0.6) is 0 Å². The van der Waals surface area contributed by atoms with Crippen molar-refractivity contribution < 1.29 is 0 Å². The van der Waals surface area contributed by atoms with Gasteiger partial charge in [0.05, 0.1) is 11.4 Å². The number of rotatable bonds is 4. The fraction of sp³-hybridized carbons (Fsp3) is 0.0294. The summed E-state index contributed by atoms with van der Waals surface area (Å²) in [5, 5.41) is 0. The number of hydrogen-bond acceptors (Lipinski definition) is 5. The van der Waals surface area contributed by atoms with Crippen molar-refractivity contribution in [1.82, 2.24) is 15.0 Å². The minimum Gasteiger partial charge on any atom is -0.308 e. The van der Waals surface area contributed by atoms with E-state index in [1.165, 1.54) is 26.7 Å². The molecule has 0 N–H and O–H groups in total. The number of benzene rings is 5. The summed E-state index contributed by atoms with van der Waals surface area (Å²) >= 11 is 1.81. The Morgan fingerprint density at radius 3 is 1.44 bits per heavy atom. The van der Waals surface area contributed by atoms with E-state index in [0.717, 1.165) is 22.4 Å². The molecule has 5 aromatic carbocycles. The molecule has 6 aromatic rings. The van der Waals surface area contributed by atoms with E-state index in [9.17, 15) is 0 Å². The predicted octanol–water partition coefficient (Wildman–Crippen LogP) is 9.12. The van der Waals surface area contributed by atoms with Gasteiger partial charge in [-0.1, -0.05) is 96.2 Å². The van der Waals surface area contributed by atoms with Crippen molar-refractivity contribution in [2.45, 2.75) is 16.7 Å². The van der Waals surface area contributed by atoms with E-state index in [-0.39, 0.29) is 0 Å². The Morgan fingerprint density at radius 1 is 0.462 bits per heavy atom. The van der Waals surface area contributed by atoms with Crippen LogP contribution in [0, 0.1) is 6.92 Å². The van der Waals surface area contributed by atoms with Gasteiger partial charge < -0.3 is 4.90 Å². The highest BCUT2D eigenvalue weighted by atomic mass is 32.2. The molecular weight excluding hydrogens is 496 g/mol. The number of aromatic nitrogens is 3.